The summed E-state index contributed by atoms with van der Waals surface area (Å²) in [6, 6.07) is 5.81. The van der Waals surface area contributed by atoms with Crippen LogP contribution in [0.4, 0.5) is 0 Å². The first-order valence-electron chi connectivity index (χ1n) is 2.73. The van der Waals surface area contributed by atoms with Crippen LogP contribution in [0.15, 0.2) is 24.3 Å². The normalized spacial score (nSPS) is 8.36. The van der Waals surface area contributed by atoms with E-state index in [-0.39, 0.29) is 28.4 Å². The van der Waals surface area contributed by atoms with Gasteiger partial charge in [0.15, 0.2) is 0 Å². The fraction of sp³-hybridized carbons (Fsp3) is 0. The quantitative estimate of drug-likeness (QED) is 0.669. The zero-order valence-electron chi connectivity index (χ0n) is 5.41. The van der Waals surface area contributed by atoms with Crippen molar-refractivity contribution >= 4 is 5.97 Å². The number of aromatic hydroxyl groups is 1. The number of aromatic carboxylic acids is 1. The topological polar surface area (TPSA) is 57.5 Å². The fourth-order valence-corrected chi connectivity index (χ4v) is 0.654. The second-order valence-electron chi connectivity index (χ2n) is 1.82. The number of carboxylic acids is 1. The van der Waals surface area contributed by atoms with Crippen LogP contribution < -0.4 is 0 Å². The van der Waals surface area contributed by atoms with Gasteiger partial charge in [0.25, 0.3) is 0 Å². The molecule has 3 nitrogen and oxygen atoms in total. The van der Waals surface area contributed by atoms with Crippen molar-refractivity contribution in [3.63, 3.8) is 0 Å². The number of carbonyl (C=O) groups is 1. The number of phenols is 1. The number of carboxylic acid groups (broad SMARTS) is 1. The van der Waals surface area contributed by atoms with Gasteiger partial charge in [-0.2, -0.15) is 0 Å². The van der Waals surface area contributed by atoms with Gasteiger partial charge in [-0.15, -0.1) is 0 Å². The molecule has 0 amide bonds. The molecule has 0 bridgehead atoms. The van der Waals surface area contributed by atoms with E-state index >= 15 is 0 Å². The summed E-state index contributed by atoms with van der Waals surface area (Å²) >= 11 is 0. The number of rotatable bonds is 1. The Morgan fingerprint density at radius 3 is 2.18 bits per heavy atom. The van der Waals surface area contributed by atoms with Crippen molar-refractivity contribution in [2.75, 3.05) is 0 Å². The summed E-state index contributed by atoms with van der Waals surface area (Å²) in [7, 11) is 0. The number of hydrogen-bond donors (Lipinski definition) is 2. The summed E-state index contributed by atoms with van der Waals surface area (Å²) in [4.78, 5) is 10.3. The molecule has 11 heavy (non-hydrogen) atoms. The first-order valence-corrected chi connectivity index (χ1v) is 2.73. The van der Waals surface area contributed by atoms with Crippen LogP contribution in [0.2, 0.25) is 0 Å². The SMILES string of the molecule is O=C(O)c1ccccc1O.[Cu]. The van der Waals surface area contributed by atoms with Gasteiger partial charge in [-0.05, 0) is 12.1 Å². The molecule has 0 saturated heterocycles. The van der Waals surface area contributed by atoms with Gasteiger partial charge < -0.3 is 10.2 Å². The van der Waals surface area contributed by atoms with Crippen LogP contribution in [-0.2, 0) is 17.1 Å². The maximum absolute atomic E-state index is 10.3. The molecule has 1 aromatic rings. The summed E-state index contributed by atoms with van der Waals surface area (Å²) in [5.74, 6) is -1.31. The second-order valence-corrected chi connectivity index (χ2v) is 1.82. The van der Waals surface area contributed by atoms with E-state index in [9.17, 15) is 4.79 Å². The van der Waals surface area contributed by atoms with E-state index in [1.165, 1.54) is 12.1 Å². The van der Waals surface area contributed by atoms with E-state index in [2.05, 4.69) is 0 Å². The van der Waals surface area contributed by atoms with Crippen molar-refractivity contribution in [1.82, 2.24) is 0 Å². The third-order valence-corrected chi connectivity index (χ3v) is 1.13. The van der Waals surface area contributed by atoms with Crippen LogP contribution in [0.25, 0.3) is 0 Å². The van der Waals surface area contributed by atoms with Crippen molar-refractivity contribution in [3.8, 4) is 5.75 Å². The molecular formula is C7H6CuO3. The molecule has 0 spiro atoms. The Morgan fingerprint density at radius 2 is 1.82 bits per heavy atom. The van der Waals surface area contributed by atoms with Crippen LogP contribution in [0, 0.1) is 0 Å². The Labute approximate surface area is 74.1 Å². The maximum atomic E-state index is 10.3. The number of benzene rings is 1. The van der Waals surface area contributed by atoms with Gasteiger partial charge >= 0.3 is 5.97 Å². The van der Waals surface area contributed by atoms with E-state index in [1.807, 2.05) is 0 Å². The monoisotopic (exact) mass is 201 g/mol. The molecule has 0 aliphatic rings. The van der Waals surface area contributed by atoms with Gasteiger partial charge in [-0.3, -0.25) is 0 Å². The van der Waals surface area contributed by atoms with Crippen LogP contribution in [0.3, 0.4) is 0 Å². The van der Waals surface area contributed by atoms with E-state index in [0.29, 0.717) is 0 Å². The van der Waals surface area contributed by atoms with Crippen molar-refractivity contribution in [2.45, 2.75) is 0 Å². The average Bonchev–Trinajstić information content (AvgIpc) is 1.88. The maximum Gasteiger partial charge on any atom is 0.339 e. The Balaban J connectivity index is 0.000001000. The zero-order valence-corrected chi connectivity index (χ0v) is 6.36. The summed E-state index contributed by atoms with van der Waals surface area (Å²) < 4.78 is 0. The standard InChI is InChI=1S/C7H6O3.Cu/c8-6-4-2-1-3-5(6)7(9)10;/h1-4,8H,(H,9,10);. The molecule has 1 aromatic carbocycles. The van der Waals surface area contributed by atoms with Gasteiger partial charge in [0.1, 0.15) is 11.3 Å². The number of hydrogen-bond acceptors (Lipinski definition) is 2. The molecular weight excluding hydrogens is 196 g/mol. The molecule has 2 N–H and O–H groups in total. The summed E-state index contributed by atoms with van der Waals surface area (Å²) in [5.41, 5.74) is -0.0671. The third kappa shape index (κ3) is 2.26. The van der Waals surface area contributed by atoms with E-state index in [4.69, 9.17) is 10.2 Å². The molecule has 0 fully saturated rings. The number of para-hydroxylation sites is 1. The predicted molar refractivity (Wildman–Crippen MR) is 35.1 cm³/mol. The predicted octanol–water partition coefficient (Wildman–Crippen LogP) is 1.09. The van der Waals surface area contributed by atoms with Gasteiger partial charge in [0, 0.05) is 17.1 Å². The largest absolute Gasteiger partial charge is 0.507 e. The average molecular weight is 202 g/mol. The minimum Gasteiger partial charge on any atom is -0.507 e. The third-order valence-electron chi connectivity index (χ3n) is 1.13. The van der Waals surface area contributed by atoms with Gasteiger partial charge in [0.2, 0.25) is 0 Å². The van der Waals surface area contributed by atoms with E-state index in [1.54, 1.807) is 12.1 Å². The smallest absolute Gasteiger partial charge is 0.339 e. The van der Waals surface area contributed by atoms with Crippen LogP contribution in [-0.4, -0.2) is 16.2 Å². The molecule has 0 saturated carbocycles. The Bertz CT molecular complexity index is 260. The molecule has 4 heteroatoms. The van der Waals surface area contributed by atoms with E-state index in [0.717, 1.165) is 0 Å². The first-order chi connectivity index (χ1) is 4.72. The Hall–Kier alpha value is -0.991. The Kier molecular flexibility index (Phi) is 3.65. The minimum absolute atomic E-state index is 0. The Morgan fingerprint density at radius 1 is 1.27 bits per heavy atom. The summed E-state index contributed by atoms with van der Waals surface area (Å²) in [6.45, 7) is 0. The van der Waals surface area contributed by atoms with Crippen molar-refractivity contribution in [2.24, 2.45) is 0 Å². The summed E-state index contributed by atoms with van der Waals surface area (Å²) in [5, 5.41) is 17.3. The summed E-state index contributed by atoms with van der Waals surface area (Å²) in [6.07, 6.45) is 0. The van der Waals surface area contributed by atoms with Crippen molar-refractivity contribution in [1.29, 1.82) is 0 Å². The molecule has 0 aromatic heterocycles. The molecule has 0 atom stereocenters. The van der Waals surface area contributed by atoms with E-state index < -0.39 is 5.97 Å². The molecule has 1 radical (unpaired) electrons. The second kappa shape index (κ2) is 4.01. The van der Waals surface area contributed by atoms with Crippen LogP contribution >= 0.6 is 0 Å². The first kappa shape index (κ1) is 10.0. The van der Waals surface area contributed by atoms with Gasteiger partial charge in [0.05, 0.1) is 0 Å². The molecule has 0 aliphatic heterocycles. The zero-order chi connectivity index (χ0) is 7.56. The van der Waals surface area contributed by atoms with Gasteiger partial charge in [-0.25, -0.2) is 4.79 Å². The minimum atomic E-state index is -1.11. The van der Waals surface area contributed by atoms with Crippen LogP contribution in [0.5, 0.6) is 5.75 Å². The molecule has 63 valence electrons. The molecule has 0 aliphatic carbocycles. The van der Waals surface area contributed by atoms with Gasteiger partial charge in [-0.1, -0.05) is 12.1 Å². The molecule has 0 unspecified atom stereocenters. The fourth-order valence-electron chi connectivity index (χ4n) is 0.654. The molecule has 0 heterocycles. The van der Waals surface area contributed by atoms with Crippen LogP contribution in [0.1, 0.15) is 10.4 Å². The van der Waals surface area contributed by atoms with Crippen molar-refractivity contribution < 1.29 is 32.1 Å². The van der Waals surface area contributed by atoms with Crippen molar-refractivity contribution in [3.05, 3.63) is 29.8 Å². The molecule has 1 rings (SSSR count).